The maximum absolute atomic E-state index is 9.08. The van der Waals surface area contributed by atoms with Gasteiger partial charge in [-0.1, -0.05) is 18.2 Å². The number of hydrogen-bond donors (Lipinski definition) is 0. The molecule has 2 heteroatoms. The Labute approximate surface area is 107 Å². The fraction of sp³-hybridized carbons (Fsp3) is 0.188. The molecule has 0 saturated carbocycles. The molecule has 0 aliphatic rings. The lowest BCUT2D eigenvalue weighted by Crippen LogP contribution is -1.92. The van der Waals surface area contributed by atoms with Crippen LogP contribution in [0, 0.1) is 32.1 Å². The van der Waals surface area contributed by atoms with Crippen molar-refractivity contribution in [3.63, 3.8) is 0 Å². The molecule has 0 spiro atoms. The molecule has 0 amide bonds. The maximum atomic E-state index is 9.08. The Bertz CT molecular complexity index is 623. The van der Waals surface area contributed by atoms with Gasteiger partial charge in [-0.2, -0.15) is 5.26 Å². The molecule has 2 nitrogen and oxygen atoms in total. The molecule has 0 saturated heterocycles. The van der Waals surface area contributed by atoms with Crippen LogP contribution in [0.3, 0.4) is 0 Å². The van der Waals surface area contributed by atoms with Gasteiger partial charge in [-0.25, -0.2) is 0 Å². The van der Waals surface area contributed by atoms with Crippen molar-refractivity contribution in [2.45, 2.75) is 20.8 Å². The lowest BCUT2D eigenvalue weighted by Gasteiger charge is -2.11. The summed E-state index contributed by atoms with van der Waals surface area (Å²) in [6.45, 7) is 6.00. The molecular formula is C16H15NO. The zero-order chi connectivity index (χ0) is 13.1. The van der Waals surface area contributed by atoms with E-state index in [2.05, 4.69) is 6.07 Å². The molecule has 0 atom stereocenters. The van der Waals surface area contributed by atoms with Crippen LogP contribution < -0.4 is 4.74 Å². The highest BCUT2D eigenvalue weighted by atomic mass is 16.5. The molecule has 90 valence electrons. The van der Waals surface area contributed by atoms with Gasteiger partial charge in [0.05, 0.1) is 5.56 Å². The lowest BCUT2D eigenvalue weighted by molar-refractivity contribution is 0.476. The van der Waals surface area contributed by atoms with Crippen LogP contribution in [-0.4, -0.2) is 0 Å². The zero-order valence-corrected chi connectivity index (χ0v) is 10.8. The Morgan fingerprint density at radius 1 is 0.889 bits per heavy atom. The Balaban J connectivity index is 2.43. The molecule has 0 heterocycles. The molecule has 0 aliphatic carbocycles. The zero-order valence-electron chi connectivity index (χ0n) is 10.8. The second-order valence-corrected chi connectivity index (χ2v) is 4.48. The number of ether oxygens (including phenoxy) is 1. The first-order valence-electron chi connectivity index (χ1n) is 5.86. The van der Waals surface area contributed by atoms with E-state index in [0.29, 0.717) is 11.3 Å². The summed E-state index contributed by atoms with van der Waals surface area (Å²) in [4.78, 5) is 0. The molecule has 0 fully saturated rings. The van der Waals surface area contributed by atoms with Crippen molar-refractivity contribution in [3.8, 4) is 17.6 Å². The molecule has 2 aromatic carbocycles. The van der Waals surface area contributed by atoms with E-state index >= 15 is 0 Å². The molecule has 0 N–H and O–H groups in total. The summed E-state index contributed by atoms with van der Waals surface area (Å²) < 4.78 is 5.87. The quantitative estimate of drug-likeness (QED) is 0.781. The normalized spacial score (nSPS) is 9.89. The summed E-state index contributed by atoms with van der Waals surface area (Å²) in [6, 6.07) is 13.8. The monoisotopic (exact) mass is 237 g/mol. The summed E-state index contributed by atoms with van der Waals surface area (Å²) in [5.41, 5.74) is 3.84. The van der Waals surface area contributed by atoms with Crippen molar-refractivity contribution in [1.82, 2.24) is 0 Å². The van der Waals surface area contributed by atoms with Gasteiger partial charge in [0.2, 0.25) is 0 Å². The minimum Gasteiger partial charge on any atom is -0.456 e. The summed E-state index contributed by atoms with van der Waals surface area (Å²) >= 11 is 0. The molecule has 0 unspecified atom stereocenters. The minimum absolute atomic E-state index is 0.557. The van der Waals surface area contributed by atoms with Crippen molar-refractivity contribution in [1.29, 1.82) is 5.26 Å². The van der Waals surface area contributed by atoms with Gasteiger partial charge >= 0.3 is 0 Å². The van der Waals surface area contributed by atoms with Crippen molar-refractivity contribution >= 4 is 0 Å². The fourth-order valence-corrected chi connectivity index (χ4v) is 1.74. The van der Waals surface area contributed by atoms with Crippen molar-refractivity contribution in [2.24, 2.45) is 0 Å². The van der Waals surface area contributed by atoms with E-state index in [-0.39, 0.29) is 0 Å². The Kier molecular flexibility index (Phi) is 3.34. The largest absolute Gasteiger partial charge is 0.456 e. The first kappa shape index (κ1) is 12.2. The first-order chi connectivity index (χ1) is 8.60. The Hall–Kier alpha value is -2.27. The molecule has 0 bridgehead atoms. The van der Waals surface area contributed by atoms with E-state index in [9.17, 15) is 0 Å². The van der Waals surface area contributed by atoms with E-state index in [1.54, 1.807) is 6.07 Å². The third-order valence-electron chi connectivity index (χ3n) is 2.82. The van der Waals surface area contributed by atoms with Crippen LogP contribution in [0.2, 0.25) is 0 Å². The fourth-order valence-electron chi connectivity index (χ4n) is 1.74. The molecule has 2 rings (SSSR count). The topological polar surface area (TPSA) is 33.0 Å². The predicted molar refractivity (Wildman–Crippen MR) is 71.9 cm³/mol. The second kappa shape index (κ2) is 4.93. The average molecular weight is 237 g/mol. The van der Waals surface area contributed by atoms with Crippen molar-refractivity contribution < 1.29 is 4.74 Å². The standard InChI is InChI=1S/C16H15NO/c1-11-4-6-13(3)15(8-11)18-16-9-12(2)5-7-14(16)10-17/h4-9H,1-3H3. The van der Waals surface area contributed by atoms with Gasteiger partial charge in [0.1, 0.15) is 17.6 Å². The van der Waals surface area contributed by atoms with Crippen molar-refractivity contribution in [2.75, 3.05) is 0 Å². The first-order valence-corrected chi connectivity index (χ1v) is 5.86. The van der Waals surface area contributed by atoms with Crippen LogP contribution in [0.15, 0.2) is 36.4 Å². The van der Waals surface area contributed by atoms with Gasteiger partial charge < -0.3 is 4.74 Å². The van der Waals surface area contributed by atoms with E-state index in [1.165, 1.54) is 0 Å². The number of aryl methyl sites for hydroxylation is 3. The van der Waals surface area contributed by atoms with E-state index in [4.69, 9.17) is 10.00 Å². The average Bonchev–Trinajstić information content (AvgIpc) is 2.34. The minimum atomic E-state index is 0.557. The molecule has 0 aliphatic heterocycles. The third-order valence-corrected chi connectivity index (χ3v) is 2.82. The van der Waals surface area contributed by atoms with Gasteiger partial charge in [-0.3, -0.25) is 0 Å². The van der Waals surface area contributed by atoms with E-state index in [1.807, 2.05) is 51.1 Å². The molecule has 2 aromatic rings. The van der Waals surface area contributed by atoms with Gasteiger partial charge in [-0.05, 0) is 55.7 Å². The van der Waals surface area contributed by atoms with E-state index in [0.717, 1.165) is 22.4 Å². The Morgan fingerprint density at radius 2 is 1.50 bits per heavy atom. The van der Waals surface area contributed by atoms with E-state index < -0.39 is 0 Å². The lowest BCUT2D eigenvalue weighted by atomic mass is 10.1. The van der Waals surface area contributed by atoms with Crippen LogP contribution in [0.4, 0.5) is 0 Å². The number of nitriles is 1. The van der Waals surface area contributed by atoms with Crippen LogP contribution in [0.25, 0.3) is 0 Å². The van der Waals surface area contributed by atoms with Crippen LogP contribution in [-0.2, 0) is 0 Å². The summed E-state index contributed by atoms with van der Waals surface area (Å²) in [5, 5.41) is 9.08. The molecular weight excluding hydrogens is 222 g/mol. The predicted octanol–water partition coefficient (Wildman–Crippen LogP) is 4.28. The highest BCUT2D eigenvalue weighted by Crippen LogP contribution is 2.29. The molecule has 0 aromatic heterocycles. The third kappa shape index (κ3) is 2.52. The Morgan fingerprint density at radius 3 is 2.17 bits per heavy atom. The van der Waals surface area contributed by atoms with Crippen molar-refractivity contribution in [3.05, 3.63) is 58.7 Å². The van der Waals surface area contributed by atoms with Gasteiger partial charge in [0, 0.05) is 0 Å². The van der Waals surface area contributed by atoms with Crippen LogP contribution in [0.1, 0.15) is 22.3 Å². The van der Waals surface area contributed by atoms with Crippen LogP contribution >= 0.6 is 0 Å². The number of nitrogens with zero attached hydrogens (tertiary/aromatic N) is 1. The molecule has 18 heavy (non-hydrogen) atoms. The summed E-state index contributed by atoms with van der Waals surface area (Å²) in [6.07, 6.45) is 0. The SMILES string of the molecule is Cc1ccc(C)c(Oc2cc(C)ccc2C#N)c1. The maximum Gasteiger partial charge on any atom is 0.145 e. The smallest absolute Gasteiger partial charge is 0.145 e. The number of benzene rings is 2. The summed E-state index contributed by atoms with van der Waals surface area (Å²) in [5.74, 6) is 1.42. The number of rotatable bonds is 2. The van der Waals surface area contributed by atoms with Gasteiger partial charge in [0.25, 0.3) is 0 Å². The highest BCUT2D eigenvalue weighted by Gasteiger charge is 2.07. The van der Waals surface area contributed by atoms with Gasteiger partial charge in [0.15, 0.2) is 0 Å². The van der Waals surface area contributed by atoms with Crippen LogP contribution in [0.5, 0.6) is 11.5 Å². The second-order valence-electron chi connectivity index (χ2n) is 4.48. The molecule has 0 radical (unpaired) electrons. The summed E-state index contributed by atoms with van der Waals surface area (Å²) in [7, 11) is 0. The highest BCUT2D eigenvalue weighted by molar-refractivity contribution is 5.48. The number of hydrogen-bond acceptors (Lipinski definition) is 2. The van der Waals surface area contributed by atoms with Gasteiger partial charge in [-0.15, -0.1) is 0 Å².